The van der Waals surface area contributed by atoms with Crippen molar-refractivity contribution in [2.45, 2.75) is 0 Å². The Kier molecular flexibility index (Phi) is 4.83. The number of rotatable bonds is 4. The van der Waals surface area contributed by atoms with Crippen LogP contribution in [0.1, 0.15) is 10.4 Å². The number of hydrogen-bond acceptors (Lipinski definition) is 3. The molecule has 0 radical (unpaired) electrons. The molecule has 1 aromatic rings. The van der Waals surface area contributed by atoms with Gasteiger partial charge in [-0.15, -0.1) is 0 Å². The van der Waals surface area contributed by atoms with E-state index in [0.29, 0.717) is 24.4 Å². The van der Waals surface area contributed by atoms with Crippen LogP contribution in [0.5, 0.6) is 0 Å². The molecule has 1 amide bonds. The van der Waals surface area contributed by atoms with E-state index in [1.165, 1.54) is 0 Å². The van der Waals surface area contributed by atoms with Crippen LogP contribution in [0.2, 0.25) is 0 Å². The number of methoxy groups -OCH3 is 1. The highest BCUT2D eigenvalue weighted by atomic mass is 127. The summed E-state index contributed by atoms with van der Waals surface area (Å²) in [6, 6.07) is 5.20. The Labute approximate surface area is 102 Å². The number of carbonyl (C=O) groups is 1. The van der Waals surface area contributed by atoms with Crippen molar-refractivity contribution in [1.29, 1.82) is 0 Å². The third kappa shape index (κ3) is 3.67. The Morgan fingerprint density at radius 2 is 2.33 bits per heavy atom. The molecule has 0 unspecified atom stereocenters. The Bertz CT molecular complexity index is 355. The zero-order valence-corrected chi connectivity index (χ0v) is 10.6. The van der Waals surface area contributed by atoms with Gasteiger partial charge in [-0.25, -0.2) is 0 Å². The number of ether oxygens (including phenoxy) is 1. The third-order valence-electron chi connectivity index (χ3n) is 1.85. The minimum Gasteiger partial charge on any atom is -0.398 e. The number of nitrogens with two attached hydrogens (primary N) is 1. The highest BCUT2D eigenvalue weighted by Gasteiger charge is 2.06. The highest BCUT2D eigenvalue weighted by Crippen LogP contribution is 2.15. The van der Waals surface area contributed by atoms with Crippen molar-refractivity contribution in [1.82, 2.24) is 5.32 Å². The normalized spacial score (nSPS) is 10.0. The van der Waals surface area contributed by atoms with Gasteiger partial charge in [-0.05, 0) is 40.8 Å². The Balaban J connectivity index is 2.62. The number of carbonyl (C=O) groups excluding carboxylic acids is 1. The number of hydrogen-bond donors (Lipinski definition) is 2. The molecule has 0 saturated heterocycles. The summed E-state index contributed by atoms with van der Waals surface area (Å²) < 4.78 is 5.72. The average molecular weight is 320 g/mol. The van der Waals surface area contributed by atoms with Gasteiger partial charge in [-0.1, -0.05) is 0 Å². The maximum atomic E-state index is 11.6. The number of nitrogen functional groups attached to an aromatic ring is 1. The smallest absolute Gasteiger partial charge is 0.251 e. The zero-order chi connectivity index (χ0) is 11.3. The van der Waals surface area contributed by atoms with Crippen molar-refractivity contribution in [2.75, 3.05) is 26.0 Å². The minimum absolute atomic E-state index is 0.107. The molecule has 5 heteroatoms. The van der Waals surface area contributed by atoms with E-state index in [2.05, 4.69) is 27.9 Å². The monoisotopic (exact) mass is 320 g/mol. The molecule has 0 aliphatic heterocycles. The summed E-state index contributed by atoms with van der Waals surface area (Å²) in [6.07, 6.45) is 0. The molecule has 0 heterocycles. The van der Waals surface area contributed by atoms with Crippen molar-refractivity contribution in [3.05, 3.63) is 27.3 Å². The van der Waals surface area contributed by atoms with Gasteiger partial charge in [0, 0.05) is 28.5 Å². The first kappa shape index (κ1) is 12.3. The second kappa shape index (κ2) is 5.92. The molecule has 15 heavy (non-hydrogen) atoms. The number of benzene rings is 1. The molecule has 0 aliphatic carbocycles. The molecule has 82 valence electrons. The van der Waals surface area contributed by atoms with Gasteiger partial charge in [0.1, 0.15) is 0 Å². The minimum atomic E-state index is -0.107. The number of halogens is 1. The van der Waals surface area contributed by atoms with E-state index in [0.717, 1.165) is 3.57 Å². The zero-order valence-electron chi connectivity index (χ0n) is 8.42. The van der Waals surface area contributed by atoms with Crippen LogP contribution in [0.3, 0.4) is 0 Å². The van der Waals surface area contributed by atoms with Gasteiger partial charge >= 0.3 is 0 Å². The summed E-state index contributed by atoms with van der Waals surface area (Å²) in [4.78, 5) is 11.6. The van der Waals surface area contributed by atoms with E-state index in [1.54, 1.807) is 25.3 Å². The molecule has 0 saturated carbocycles. The lowest BCUT2D eigenvalue weighted by molar-refractivity contribution is 0.0937. The predicted octanol–water partition coefficient (Wildman–Crippen LogP) is 1.25. The maximum Gasteiger partial charge on any atom is 0.251 e. The lowest BCUT2D eigenvalue weighted by Gasteiger charge is -2.05. The maximum absolute atomic E-state index is 11.6. The summed E-state index contributed by atoms with van der Waals surface area (Å²) in [7, 11) is 1.60. The highest BCUT2D eigenvalue weighted by molar-refractivity contribution is 14.1. The fourth-order valence-electron chi connectivity index (χ4n) is 1.04. The van der Waals surface area contributed by atoms with Gasteiger partial charge in [0.25, 0.3) is 5.91 Å². The quantitative estimate of drug-likeness (QED) is 0.499. The summed E-state index contributed by atoms with van der Waals surface area (Å²) in [6.45, 7) is 1.02. The summed E-state index contributed by atoms with van der Waals surface area (Å²) in [5.74, 6) is -0.107. The lowest BCUT2D eigenvalue weighted by Crippen LogP contribution is -2.26. The molecular formula is C10H13IN2O2. The van der Waals surface area contributed by atoms with Crippen molar-refractivity contribution >= 4 is 34.2 Å². The molecule has 4 nitrogen and oxygen atoms in total. The fraction of sp³-hybridized carbons (Fsp3) is 0.300. The Morgan fingerprint density at radius 1 is 1.60 bits per heavy atom. The largest absolute Gasteiger partial charge is 0.398 e. The standard InChI is InChI=1S/C10H13IN2O2/c1-15-5-4-13-10(14)7-2-3-9(12)8(11)6-7/h2-3,6H,4-5,12H2,1H3,(H,13,14). The Hall–Kier alpha value is -0.820. The van der Waals surface area contributed by atoms with E-state index in [-0.39, 0.29) is 5.91 Å². The summed E-state index contributed by atoms with van der Waals surface area (Å²) >= 11 is 2.10. The van der Waals surface area contributed by atoms with Crippen molar-refractivity contribution in [2.24, 2.45) is 0 Å². The van der Waals surface area contributed by atoms with Crippen molar-refractivity contribution < 1.29 is 9.53 Å². The van der Waals surface area contributed by atoms with Gasteiger partial charge in [0.15, 0.2) is 0 Å². The molecule has 0 spiro atoms. The van der Waals surface area contributed by atoms with Gasteiger partial charge < -0.3 is 15.8 Å². The van der Waals surface area contributed by atoms with Crippen LogP contribution in [-0.2, 0) is 4.74 Å². The number of amides is 1. The molecular weight excluding hydrogens is 307 g/mol. The predicted molar refractivity (Wildman–Crippen MR) is 67.8 cm³/mol. The Morgan fingerprint density at radius 3 is 2.93 bits per heavy atom. The number of nitrogens with one attached hydrogen (secondary N) is 1. The van der Waals surface area contributed by atoms with E-state index in [9.17, 15) is 4.79 Å². The van der Waals surface area contributed by atoms with Gasteiger partial charge in [-0.2, -0.15) is 0 Å². The van der Waals surface area contributed by atoms with Crippen LogP contribution < -0.4 is 11.1 Å². The van der Waals surface area contributed by atoms with Crippen molar-refractivity contribution in [3.8, 4) is 0 Å². The molecule has 0 bridgehead atoms. The number of anilines is 1. The average Bonchev–Trinajstić information content (AvgIpc) is 2.22. The molecule has 1 rings (SSSR count). The molecule has 1 aromatic carbocycles. The first-order valence-corrected chi connectivity index (χ1v) is 5.55. The van der Waals surface area contributed by atoms with Crippen LogP contribution >= 0.6 is 22.6 Å². The van der Waals surface area contributed by atoms with Crippen LogP contribution in [0.4, 0.5) is 5.69 Å². The lowest BCUT2D eigenvalue weighted by atomic mass is 10.2. The van der Waals surface area contributed by atoms with Crippen LogP contribution in [0, 0.1) is 3.57 Å². The van der Waals surface area contributed by atoms with Crippen LogP contribution in [-0.4, -0.2) is 26.2 Å². The SMILES string of the molecule is COCCNC(=O)c1ccc(N)c(I)c1. The summed E-state index contributed by atoms with van der Waals surface area (Å²) in [5.41, 5.74) is 6.95. The van der Waals surface area contributed by atoms with Crippen molar-refractivity contribution in [3.63, 3.8) is 0 Å². The third-order valence-corrected chi connectivity index (χ3v) is 2.79. The topological polar surface area (TPSA) is 64.3 Å². The first-order chi connectivity index (χ1) is 7.15. The van der Waals surface area contributed by atoms with Crippen LogP contribution in [0.25, 0.3) is 0 Å². The van der Waals surface area contributed by atoms with E-state index < -0.39 is 0 Å². The molecule has 0 fully saturated rings. The van der Waals surface area contributed by atoms with E-state index in [4.69, 9.17) is 10.5 Å². The fourth-order valence-corrected chi connectivity index (χ4v) is 1.55. The van der Waals surface area contributed by atoms with Gasteiger partial charge in [0.2, 0.25) is 0 Å². The second-order valence-electron chi connectivity index (χ2n) is 2.98. The molecule has 0 aromatic heterocycles. The molecule has 0 aliphatic rings. The van der Waals surface area contributed by atoms with Gasteiger partial charge in [-0.3, -0.25) is 4.79 Å². The van der Waals surface area contributed by atoms with Gasteiger partial charge in [0.05, 0.1) is 6.61 Å². The first-order valence-electron chi connectivity index (χ1n) is 4.47. The van der Waals surface area contributed by atoms with Crippen LogP contribution in [0.15, 0.2) is 18.2 Å². The van der Waals surface area contributed by atoms with E-state index in [1.807, 2.05) is 0 Å². The molecule has 0 atom stereocenters. The summed E-state index contributed by atoms with van der Waals surface area (Å²) in [5, 5.41) is 2.74. The molecule has 3 N–H and O–H groups in total. The van der Waals surface area contributed by atoms with E-state index >= 15 is 0 Å². The second-order valence-corrected chi connectivity index (χ2v) is 4.15.